The maximum atomic E-state index is 5.45. The van der Waals surface area contributed by atoms with Gasteiger partial charge < -0.3 is 0 Å². The van der Waals surface area contributed by atoms with Gasteiger partial charge in [0.2, 0.25) is 11.6 Å². The van der Waals surface area contributed by atoms with Crippen molar-refractivity contribution in [3.63, 3.8) is 0 Å². The van der Waals surface area contributed by atoms with Crippen molar-refractivity contribution in [3.8, 4) is 67.0 Å². The molecule has 4 aliphatic carbocycles. The molecule has 16 aromatic rings. The maximum absolute atomic E-state index is 5.45. The average Bonchev–Trinajstić information content (AvgIpc) is 2.42. The van der Waals surface area contributed by atoms with Crippen LogP contribution in [-0.4, -0.2) is 27.9 Å². The lowest BCUT2D eigenvalue weighted by atomic mass is 9.70. The Balaban J connectivity index is 0.788. The second-order valence-electron chi connectivity index (χ2n) is 22.8. The number of para-hydroxylation sites is 4. The second kappa shape index (κ2) is 15.1. The van der Waals surface area contributed by atoms with Gasteiger partial charge in [0.15, 0.2) is 0 Å². The van der Waals surface area contributed by atoms with Gasteiger partial charge in [0.05, 0.1) is 55.0 Å². The topological polar surface area (TPSA) is 44.5 Å². The molecule has 2 spiro atoms. The Hall–Kier alpha value is -10.8. The Labute approximate surface area is 470 Å². The van der Waals surface area contributed by atoms with Gasteiger partial charge in [-0.1, -0.05) is 194 Å². The molecule has 0 fully saturated rings. The minimum atomic E-state index is -0.464. The molecule has 0 amide bonds. The number of fused-ring (bicyclic) bond motifs is 30. The van der Waals surface area contributed by atoms with E-state index >= 15 is 0 Å². The van der Waals surface area contributed by atoms with Gasteiger partial charge in [-0.25, -0.2) is 9.97 Å². The van der Waals surface area contributed by atoms with E-state index in [0.29, 0.717) is 0 Å². The van der Waals surface area contributed by atoms with Crippen molar-refractivity contribution in [2.75, 3.05) is 0 Å². The van der Waals surface area contributed by atoms with E-state index in [0.717, 1.165) is 78.2 Å². The summed E-state index contributed by atoms with van der Waals surface area (Å²) in [4.78, 5) is 10.9. The van der Waals surface area contributed by atoms with Gasteiger partial charge in [-0.05, 0) is 173 Å². The van der Waals surface area contributed by atoms with Crippen molar-refractivity contribution in [3.05, 3.63) is 311 Å². The number of benzene rings is 12. The quantitative estimate of drug-likeness (QED) is 0.177. The van der Waals surface area contributed by atoms with Crippen LogP contribution in [0.4, 0.5) is 0 Å². The lowest BCUT2D eigenvalue weighted by Gasteiger charge is -2.30. The molecule has 0 N–H and O–H groups in total. The number of hydrogen-bond donors (Lipinski definition) is 0. The first-order chi connectivity index (χ1) is 40.7. The Morgan fingerprint density at radius 2 is 0.537 bits per heavy atom. The maximum Gasteiger partial charge on any atom is 0.220 e. The molecule has 4 aromatic heterocycles. The average molecular weight is 1040 g/mol. The van der Waals surface area contributed by atoms with E-state index in [2.05, 4.69) is 285 Å². The van der Waals surface area contributed by atoms with E-state index < -0.39 is 10.8 Å². The van der Waals surface area contributed by atoms with Gasteiger partial charge in [-0.3, -0.25) is 17.9 Å². The summed E-state index contributed by atoms with van der Waals surface area (Å²) in [5, 5.41) is 0. The zero-order valence-electron chi connectivity index (χ0n) is 44.1. The third-order valence-corrected chi connectivity index (χ3v) is 19.2. The normalized spacial score (nSPS) is 14.3. The molecule has 6 nitrogen and oxygen atoms in total. The van der Waals surface area contributed by atoms with Crippen LogP contribution in [0.25, 0.3) is 123 Å². The number of aromatic nitrogens is 6. The molecule has 82 heavy (non-hydrogen) atoms. The highest BCUT2D eigenvalue weighted by atomic mass is 15.2. The smallest absolute Gasteiger partial charge is 0.220 e. The Morgan fingerprint density at radius 3 is 0.890 bits per heavy atom. The number of nitrogens with zero attached hydrogens (tertiary/aromatic N) is 6. The van der Waals surface area contributed by atoms with Crippen LogP contribution in [0.15, 0.2) is 267 Å². The van der Waals surface area contributed by atoms with Crippen molar-refractivity contribution < 1.29 is 0 Å². The molecular formula is C76H44N6. The molecule has 20 rings (SSSR count). The third kappa shape index (κ3) is 5.02. The highest BCUT2D eigenvalue weighted by Gasteiger charge is 2.53. The van der Waals surface area contributed by atoms with Gasteiger partial charge in [0, 0.05) is 11.4 Å². The van der Waals surface area contributed by atoms with Crippen molar-refractivity contribution >= 4 is 55.7 Å². The van der Waals surface area contributed by atoms with Crippen LogP contribution in [0.3, 0.4) is 0 Å². The van der Waals surface area contributed by atoms with Crippen LogP contribution in [0.2, 0.25) is 0 Å². The van der Waals surface area contributed by atoms with Crippen molar-refractivity contribution in [1.82, 2.24) is 27.9 Å². The summed E-state index contributed by atoms with van der Waals surface area (Å²) in [6.07, 6.45) is 0. The van der Waals surface area contributed by atoms with Crippen LogP contribution in [0, 0.1) is 0 Å². The minimum Gasteiger partial charge on any atom is -0.278 e. The van der Waals surface area contributed by atoms with Gasteiger partial charge in [0.1, 0.15) is 0 Å². The van der Waals surface area contributed by atoms with Gasteiger partial charge in [-0.15, -0.1) is 0 Å². The first-order valence-electron chi connectivity index (χ1n) is 28.4. The Bertz CT molecular complexity index is 5090. The molecule has 12 aromatic carbocycles. The molecule has 0 saturated heterocycles. The molecule has 0 saturated carbocycles. The summed E-state index contributed by atoms with van der Waals surface area (Å²) in [6, 6.07) is 99.5. The summed E-state index contributed by atoms with van der Waals surface area (Å²) < 4.78 is 9.50. The van der Waals surface area contributed by atoms with Gasteiger partial charge in [0.25, 0.3) is 0 Å². The summed E-state index contributed by atoms with van der Waals surface area (Å²) in [5.74, 6) is 1.76. The summed E-state index contributed by atoms with van der Waals surface area (Å²) in [6.45, 7) is 0. The van der Waals surface area contributed by atoms with Gasteiger partial charge >= 0.3 is 0 Å². The number of rotatable bonds is 3. The van der Waals surface area contributed by atoms with E-state index in [9.17, 15) is 0 Å². The van der Waals surface area contributed by atoms with Crippen LogP contribution >= 0.6 is 0 Å². The standard InChI is InChI=1S/C76H44N6/c1-7-23-57-49(17-1)50-18-2-8-24-58(50)75(57)61-27-11-5-21-53(61)55-37-35-47(43-63(55)75)79-69-39-33-45(41-71(69)81-67-31-15-13-29-65(67)77-73(79)81)46-34-40-70-72(42-46)82-68-32-16-14-30-66(68)78-74(82)80(70)48-36-38-56-54-22-6-12-28-62(54)76(64(56)44-48)59-25-9-3-19-51(59)52-20-4-10-26-60(52)76/h1-44H. The first kappa shape index (κ1) is 43.1. The van der Waals surface area contributed by atoms with Gasteiger partial charge in [-0.2, -0.15) is 0 Å². The van der Waals surface area contributed by atoms with E-state index in [1.54, 1.807) is 0 Å². The highest BCUT2D eigenvalue weighted by molar-refractivity contribution is 6.01. The third-order valence-electron chi connectivity index (χ3n) is 19.2. The minimum absolute atomic E-state index is 0.464. The molecule has 0 radical (unpaired) electrons. The largest absolute Gasteiger partial charge is 0.278 e. The molecule has 4 aliphatic rings. The predicted octanol–water partition coefficient (Wildman–Crippen LogP) is 17.5. The highest BCUT2D eigenvalue weighted by Crippen LogP contribution is 2.65. The lowest BCUT2D eigenvalue weighted by Crippen LogP contribution is -2.26. The van der Waals surface area contributed by atoms with E-state index in [-0.39, 0.29) is 0 Å². The van der Waals surface area contributed by atoms with E-state index in [1.165, 1.54) is 89.0 Å². The van der Waals surface area contributed by atoms with Crippen molar-refractivity contribution in [2.45, 2.75) is 10.8 Å². The molecular weight excluding hydrogens is 997 g/mol. The second-order valence-corrected chi connectivity index (χ2v) is 22.8. The zero-order chi connectivity index (χ0) is 53.2. The van der Waals surface area contributed by atoms with E-state index in [4.69, 9.17) is 9.97 Å². The van der Waals surface area contributed by atoms with E-state index in [1.807, 2.05) is 0 Å². The fourth-order valence-corrected chi connectivity index (χ4v) is 16.1. The van der Waals surface area contributed by atoms with Crippen molar-refractivity contribution in [2.24, 2.45) is 0 Å². The number of imidazole rings is 4. The lowest BCUT2D eigenvalue weighted by molar-refractivity contribution is 0.792. The predicted molar refractivity (Wildman–Crippen MR) is 331 cm³/mol. The molecule has 0 bridgehead atoms. The zero-order valence-corrected chi connectivity index (χ0v) is 44.1. The Kier molecular flexibility index (Phi) is 7.93. The number of hydrogen-bond acceptors (Lipinski definition) is 2. The monoisotopic (exact) mass is 1040 g/mol. The first-order valence-corrected chi connectivity index (χ1v) is 28.4. The molecule has 6 heteroatoms. The Morgan fingerprint density at radius 1 is 0.232 bits per heavy atom. The SMILES string of the molecule is c1ccc2c(c1)-c1ccccc1C21c2ccccc2-c2ccc(-n3c4ccc(-c5ccc6c(c5)n5c7ccccc7nc5n6-c5ccc6c(c5)C5(c7ccccc7-c7ccccc75)c5ccccc5-6)cc4n4c5ccccc5nc34)cc21. The summed E-state index contributed by atoms with van der Waals surface area (Å²) in [7, 11) is 0. The van der Waals surface area contributed by atoms with Crippen molar-refractivity contribution in [1.29, 1.82) is 0 Å². The fourth-order valence-electron chi connectivity index (χ4n) is 16.1. The molecule has 0 unspecified atom stereocenters. The molecule has 0 aliphatic heterocycles. The summed E-state index contributed by atoms with van der Waals surface area (Å²) in [5.41, 5.74) is 32.8. The molecule has 378 valence electrons. The van der Waals surface area contributed by atoms with Crippen LogP contribution < -0.4 is 0 Å². The molecule has 4 heterocycles. The van der Waals surface area contributed by atoms with Crippen LogP contribution in [-0.2, 0) is 10.8 Å². The van der Waals surface area contributed by atoms with Crippen LogP contribution in [0.5, 0.6) is 0 Å². The molecule has 0 atom stereocenters. The van der Waals surface area contributed by atoms with Crippen LogP contribution in [0.1, 0.15) is 44.5 Å². The fraction of sp³-hybridized carbons (Fsp3) is 0.0263. The summed E-state index contributed by atoms with van der Waals surface area (Å²) >= 11 is 0.